The molecule has 3 aromatic rings. The second-order valence-corrected chi connectivity index (χ2v) is 5.85. The number of carbonyl (C=O) groups excluding carboxylic acids is 1. The maximum absolute atomic E-state index is 13.6. The third kappa shape index (κ3) is 4.42. The number of anilines is 2. The van der Waals surface area contributed by atoms with E-state index in [-0.39, 0.29) is 17.3 Å². The van der Waals surface area contributed by atoms with Gasteiger partial charge in [0.2, 0.25) is 0 Å². The zero-order valence-corrected chi connectivity index (χ0v) is 14.1. The van der Waals surface area contributed by atoms with Gasteiger partial charge in [-0.2, -0.15) is 0 Å². The third-order valence-electron chi connectivity index (χ3n) is 3.78. The summed E-state index contributed by atoms with van der Waals surface area (Å²) in [5.41, 5.74) is 3.02. The minimum atomic E-state index is -0.704. The van der Waals surface area contributed by atoms with Gasteiger partial charge in [-0.3, -0.25) is 4.79 Å². The van der Waals surface area contributed by atoms with E-state index < -0.39 is 11.6 Å². The number of hydrogen-bond acceptors (Lipinski definition) is 3. The van der Waals surface area contributed by atoms with E-state index in [9.17, 15) is 13.6 Å². The van der Waals surface area contributed by atoms with E-state index in [1.54, 1.807) is 6.07 Å². The minimum Gasteiger partial charge on any atom is -0.352 e. The number of aryl methyl sites for hydroxylation is 1. The van der Waals surface area contributed by atoms with Crippen molar-refractivity contribution in [1.29, 1.82) is 0 Å². The van der Waals surface area contributed by atoms with Gasteiger partial charge in [0.05, 0.1) is 17.6 Å². The molecule has 2 N–H and O–H groups in total. The second-order valence-electron chi connectivity index (χ2n) is 5.85. The molecule has 2 aromatic carbocycles. The summed E-state index contributed by atoms with van der Waals surface area (Å²) in [7, 11) is 0. The fraction of sp³-hybridized carbons (Fsp3) is 0.100. The first kappa shape index (κ1) is 17.5. The normalized spacial score (nSPS) is 10.4. The summed E-state index contributed by atoms with van der Waals surface area (Å²) in [6, 6.07) is 14.3. The lowest BCUT2D eigenvalue weighted by atomic mass is 10.1. The Hall–Kier alpha value is -3.28. The maximum Gasteiger partial charge on any atom is 0.270 e. The van der Waals surface area contributed by atoms with E-state index in [1.165, 1.54) is 18.3 Å². The molecular formula is C20H17F2N3O. The number of rotatable bonds is 5. The molecule has 26 heavy (non-hydrogen) atoms. The van der Waals surface area contributed by atoms with E-state index >= 15 is 0 Å². The first-order valence-corrected chi connectivity index (χ1v) is 8.03. The van der Waals surface area contributed by atoms with Crippen LogP contribution in [0.3, 0.4) is 0 Å². The van der Waals surface area contributed by atoms with Gasteiger partial charge in [0.15, 0.2) is 0 Å². The van der Waals surface area contributed by atoms with Crippen molar-refractivity contribution in [3.05, 3.63) is 89.2 Å². The van der Waals surface area contributed by atoms with E-state index in [0.29, 0.717) is 12.2 Å². The highest BCUT2D eigenvalue weighted by Gasteiger charge is 2.08. The number of carbonyl (C=O) groups is 1. The standard InChI is InChI=1S/C20H17F2N3O/c1-13-2-4-14(5-3-13)11-24-20(26)19-9-7-16(12-23-19)25-18-8-6-15(21)10-17(18)22/h2-10,12,25H,11H2,1H3,(H,24,26). The Bertz CT molecular complexity index is 909. The summed E-state index contributed by atoms with van der Waals surface area (Å²) < 4.78 is 26.6. The van der Waals surface area contributed by atoms with Crippen molar-refractivity contribution in [2.45, 2.75) is 13.5 Å². The molecule has 1 aromatic heterocycles. The predicted octanol–water partition coefficient (Wildman–Crippen LogP) is 4.34. The molecule has 0 unspecified atom stereocenters. The molecule has 0 radical (unpaired) electrons. The largest absolute Gasteiger partial charge is 0.352 e. The summed E-state index contributed by atoms with van der Waals surface area (Å²) in [6.45, 7) is 2.40. The number of halogens is 2. The van der Waals surface area contributed by atoms with Crippen molar-refractivity contribution in [3.63, 3.8) is 0 Å². The molecule has 0 fully saturated rings. The Labute approximate surface area is 149 Å². The Morgan fingerprint density at radius 1 is 1.04 bits per heavy atom. The van der Waals surface area contributed by atoms with Crippen LogP contribution in [0.25, 0.3) is 0 Å². The van der Waals surface area contributed by atoms with Crippen LogP contribution in [0.1, 0.15) is 21.6 Å². The zero-order chi connectivity index (χ0) is 18.5. The lowest BCUT2D eigenvalue weighted by molar-refractivity contribution is 0.0946. The number of benzene rings is 2. The average molecular weight is 353 g/mol. The molecule has 132 valence electrons. The Kier molecular flexibility index (Phi) is 5.22. The van der Waals surface area contributed by atoms with Gasteiger partial charge in [-0.1, -0.05) is 29.8 Å². The molecule has 3 rings (SSSR count). The minimum absolute atomic E-state index is 0.129. The molecule has 0 bridgehead atoms. The first-order chi connectivity index (χ1) is 12.5. The van der Waals surface area contributed by atoms with E-state index in [4.69, 9.17) is 0 Å². The van der Waals surface area contributed by atoms with Crippen molar-refractivity contribution < 1.29 is 13.6 Å². The van der Waals surface area contributed by atoms with Crippen LogP contribution in [0.5, 0.6) is 0 Å². The highest BCUT2D eigenvalue weighted by Crippen LogP contribution is 2.20. The van der Waals surface area contributed by atoms with Crippen LogP contribution >= 0.6 is 0 Å². The summed E-state index contributed by atoms with van der Waals surface area (Å²) in [5.74, 6) is -1.65. The zero-order valence-electron chi connectivity index (χ0n) is 14.1. The van der Waals surface area contributed by atoms with Crippen molar-refractivity contribution in [3.8, 4) is 0 Å². The molecule has 0 atom stereocenters. The number of nitrogens with one attached hydrogen (secondary N) is 2. The van der Waals surface area contributed by atoms with Gasteiger partial charge in [0, 0.05) is 12.6 Å². The fourth-order valence-corrected chi connectivity index (χ4v) is 2.33. The molecule has 0 aliphatic carbocycles. The van der Waals surface area contributed by atoms with Crippen molar-refractivity contribution in [1.82, 2.24) is 10.3 Å². The van der Waals surface area contributed by atoms with Gasteiger partial charge in [-0.15, -0.1) is 0 Å². The molecule has 0 aliphatic rings. The summed E-state index contributed by atoms with van der Waals surface area (Å²) in [5, 5.41) is 5.59. The molecule has 1 heterocycles. The Morgan fingerprint density at radius 2 is 1.81 bits per heavy atom. The number of hydrogen-bond donors (Lipinski definition) is 2. The van der Waals surface area contributed by atoms with Gasteiger partial charge in [0.1, 0.15) is 17.3 Å². The molecular weight excluding hydrogens is 336 g/mol. The van der Waals surface area contributed by atoms with E-state index in [0.717, 1.165) is 23.3 Å². The Balaban J connectivity index is 1.61. The van der Waals surface area contributed by atoms with Crippen LogP contribution in [0.4, 0.5) is 20.2 Å². The SMILES string of the molecule is Cc1ccc(CNC(=O)c2ccc(Nc3ccc(F)cc3F)cn2)cc1. The topological polar surface area (TPSA) is 54.0 Å². The molecule has 1 amide bonds. The van der Waals surface area contributed by atoms with Gasteiger partial charge >= 0.3 is 0 Å². The van der Waals surface area contributed by atoms with Gasteiger partial charge in [-0.25, -0.2) is 13.8 Å². The average Bonchev–Trinajstić information content (AvgIpc) is 2.64. The number of nitrogens with zero attached hydrogens (tertiary/aromatic N) is 1. The number of pyridine rings is 1. The van der Waals surface area contributed by atoms with Gasteiger partial charge in [0.25, 0.3) is 5.91 Å². The summed E-state index contributed by atoms with van der Waals surface area (Å²) in [4.78, 5) is 16.2. The molecule has 0 saturated carbocycles. The lowest BCUT2D eigenvalue weighted by Gasteiger charge is -2.09. The number of aromatic nitrogens is 1. The van der Waals surface area contributed by atoms with Crippen molar-refractivity contribution >= 4 is 17.3 Å². The monoisotopic (exact) mass is 353 g/mol. The maximum atomic E-state index is 13.6. The number of amides is 1. The van der Waals surface area contributed by atoms with Gasteiger partial charge in [-0.05, 0) is 36.8 Å². The summed E-state index contributed by atoms with van der Waals surface area (Å²) >= 11 is 0. The van der Waals surface area contributed by atoms with Gasteiger partial charge < -0.3 is 10.6 Å². The highest BCUT2D eigenvalue weighted by molar-refractivity contribution is 5.92. The van der Waals surface area contributed by atoms with E-state index in [2.05, 4.69) is 15.6 Å². The Morgan fingerprint density at radius 3 is 2.46 bits per heavy atom. The van der Waals surface area contributed by atoms with E-state index in [1.807, 2.05) is 31.2 Å². The van der Waals surface area contributed by atoms with Crippen LogP contribution < -0.4 is 10.6 Å². The van der Waals surface area contributed by atoms with Crippen LogP contribution in [-0.4, -0.2) is 10.9 Å². The lowest BCUT2D eigenvalue weighted by Crippen LogP contribution is -2.23. The quantitative estimate of drug-likeness (QED) is 0.717. The molecule has 0 saturated heterocycles. The second kappa shape index (κ2) is 7.74. The summed E-state index contributed by atoms with van der Waals surface area (Å²) in [6.07, 6.45) is 1.42. The molecule has 6 heteroatoms. The molecule has 0 aliphatic heterocycles. The van der Waals surface area contributed by atoms with Crippen molar-refractivity contribution in [2.75, 3.05) is 5.32 Å². The van der Waals surface area contributed by atoms with Crippen LogP contribution in [-0.2, 0) is 6.54 Å². The fourth-order valence-electron chi connectivity index (χ4n) is 2.33. The highest BCUT2D eigenvalue weighted by atomic mass is 19.1. The first-order valence-electron chi connectivity index (χ1n) is 8.03. The smallest absolute Gasteiger partial charge is 0.270 e. The van der Waals surface area contributed by atoms with Crippen molar-refractivity contribution in [2.24, 2.45) is 0 Å². The van der Waals surface area contributed by atoms with Crippen LogP contribution in [0, 0.1) is 18.6 Å². The molecule has 4 nitrogen and oxygen atoms in total. The predicted molar refractivity (Wildman–Crippen MR) is 96.2 cm³/mol. The third-order valence-corrected chi connectivity index (χ3v) is 3.78. The van der Waals surface area contributed by atoms with Crippen LogP contribution in [0.15, 0.2) is 60.8 Å². The molecule has 0 spiro atoms. The van der Waals surface area contributed by atoms with Crippen LogP contribution in [0.2, 0.25) is 0 Å².